The van der Waals surface area contributed by atoms with Crippen LogP contribution in [0.1, 0.15) is 17.0 Å². The van der Waals surface area contributed by atoms with Gasteiger partial charge in [0, 0.05) is 11.8 Å². The Balaban J connectivity index is 1.72. The highest BCUT2D eigenvalue weighted by molar-refractivity contribution is 7.19. The van der Waals surface area contributed by atoms with Gasteiger partial charge in [0.25, 0.3) is 0 Å². The van der Waals surface area contributed by atoms with Crippen molar-refractivity contribution in [3.05, 3.63) is 77.6 Å². The Hall–Kier alpha value is -3.25. The molecule has 1 N–H and O–H groups in total. The number of para-hydroxylation sites is 2. The summed E-state index contributed by atoms with van der Waals surface area (Å²) in [6.45, 7) is 0. The van der Waals surface area contributed by atoms with E-state index in [1.807, 2.05) is 66.9 Å². The fraction of sp³-hybridized carbons (Fsp3) is 0.0500. The Morgan fingerprint density at radius 3 is 2.65 bits per heavy atom. The van der Waals surface area contributed by atoms with E-state index in [9.17, 15) is 9.90 Å². The minimum Gasteiger partial charge on any atom is -0.481 e. The fourth-order valence-corrected chi connectivity index (χ4v) is 3.67. The van der Waals surface area contributed by atoms with Crippen LogP contribution in [0, 0.1) is 0 Å². The first-order valence-electron chi connectivity index (χ1n) is 8.07. The molecule has 0 fully saturated rings. The number of carboxylic acids is 1. The number of aromatic nitrogens is 3. The number of hydrogen-bond donors (Lipinski definition) is 1. The molecule has 4 aromatic rings. The van der Waals surface area contributed by atoms with Crippen LogP contribution in [0.2, 0.25) is 0 Å². The van der Waals surface area contributed by atoms with Crippen molar-refractivity contribution < 1.29 is 9.90 Å². The first-order valence-corrected chi connectivity index (χ1v) is 8.89. The minimum atomic E-state index is -0.883. The molecule has 2 aromatic heterocycles. The van der Waals surface area contributed by atoms with Crippen molar-refractivity contribution in [1.29, 1.82) is 0 Å². The second-order valence-electron chi connectivity index (χ2n) is 5.78. The third kappa shape index (κ3) is 3.41. The molecule has 6 heteroatoms. The van der Waals surface area contributed by atoms with Crippen LogP contribution in [0.25, 0.3) is 27.6 Å². The first kappa shape index (κ1) is 16.2. The number of rotatable bonds is 5. The molecule has 0 saturated heterocycles. The Bertz CT molecular complexity index is 1060. The van der Waals surface area contributed by atoms with Gasteiger partial charge in [0.2, 0.25) is 0 Å². The lowest BCUT2D eigenvalue weighted by atomic mass is 10.1. The van der Waals surface area contributed by atoms with Crippen molar-refractivity contribution in [2.45, 2.75) is 6.42 Å². The molecule has 2 heterocycles. The number of benzene rings is 2. The third-order valence-electron chi connectivity index (χ3n) is 3.87. The van der Waals surface area contributed by atoms with E-state index in [0.717, 1.165) is 26.5 Å². The molecular weight excluding hydrogens is 346 g/mol. The summed E-state index contributed by atoms with van der Waals surface area (Å²) in [6, 6.07) is 17.6. The molecule has 0 amide bonds. The summed E-state index contributed by atoms with van der Waals surface area (Å²) < 4.78 is 2.81. The van der Waals surface area contributed by atoms with Gasteiger partial charge in [-0.25, -0.2) is 9.67 Å². The molecular formula is C20H15N3O2S. The van der Waals surface area contributed by atoms with E-state index in [2.05, 4.69) is 10.1 Å². The highest BCUT2D eigenvalue weighted by atomic mass is 32.1. The highest BCUT2D eigenvalue weighted by Crippen LogP contribution is 2.30. The summed E-state index contributed by atoms with van der Waals surface area (Å²) in [4.78, 5) is 15.9. The summed E-state index contributed by atoms with van der Waals surface area (Å²) in [7, 11) is 0. The minimum absolute atomic E-state index is 0.0870. The zero-order valence-corrected chi connectivity index (χ0v) is 14.6. The van der Waals surface area contributed by atoms with Crippen molar-refractivity contribution in [3.63, 3.8) is 0 Å². The zero-order valence-electron chi connectivity index (χ0n) is 13.7. The van der Waals surface area contributed by atoms with Crippen LogP contribution in [-0.2, 0) is 4.79 Å². The summed E-state index contributed by atoms with van der Waals surface area (Å²) in [5.74, 6) is -0.883. The largest absolute Gasteiger partial charge is 0.481 e. The molecule has 4 rings (SSSR count). The lowest BCUT2D eigenvalue weighted by molar-refractivity contribution is -0.135. The molecule has 0 atom stereocenters. The third-order valence-corrected chi connectivity index (χ3v) is 4.99. The predicted molar refractivity (Wildman–Crippen MR) is 103 cm³/mol. The molecule has 0 spiro atoms. The molecule has 0 unspecified atom stereocenters. The van der Waals surface area contributed by atoms with E-state index in [0.29, 0.717) is 5.57 Å². The van der Waals surface area contributed by atoms with Gasteiger partial charge in [0.1, 0.15) is 5.01 Å². The second-order valence-corrected chi connectivity index (χ2v) is 6.81. The Morgan fingerprint density at radius 2 is 1.88 bits per heavy atom. The number of hydrogen-bond acceptors (Lipinski definition) is 4. The van der Waals surface area contributed by atoms with Crippen molar-refractivity contribution in [1.82, 2.24) is 14.8 Å². The van der Waals surface area contributed by atoms with Crippen molar-refractivity contribution >= 4 is 39.2 Å². The average Bonchev–Trinajstić information content (AvgIpc) is 3.28. The van der Waals surface area contributed by atoms with Gasteiger partial charge in [0.15, 0.2) is 0 Å². The number of carboxylic acid groups (broad SMARTS) is 1. The van der Waals surface area contributed by atoms with Crippen LogP contribution in [0.5, 0.6) is 0 Å². The van der Waals surface area contributed by atoms with E-state index in [4.69, 9.17) is 0 Å². The standard InChI is InChI=1S/C20H15N3O2S/c24-19(25)11-15(20-22-17-8-4-5-9-18(17)26-20)10-14-12-21-23(13-14)16-6-2-1-3-7-16/h1-10,12-13H,11H2,(H,24,25)/b15-10-. The normalized spacial score (nSPS) is 11.8. The Labute approximate surface area is 153 Å². The van der Waals surface area contributed by atoms with Crippen LogP contribution in [0.15, 0.2) is 67.0 Å². The summed E-state index contributed by atoms with van der Waals surface area (Å²) in [6.07, 6.45) is 5.36. The molecule has 0 bridgehead atoms. The van der Waals surface area contributed by atoms with Crippen LogP contribution < -0.4 is 0 Å². The van der Waals surface area contributed by atoms with Crippen LogP contribution in [0.3, 0.4) is 0 Å². The smallest absolute Gasteiger partial charge is 0.307 e. The van der Waals surface area contributed by atoms with Crippen LogP contribution in [0.4, 0.5) is 0 Å². The molecule has 0 aliphatic carbocycles. The van der Waals surface area contributed by atoms with Gasteiger partial charge < -0.3 is 5.11 Å². The van der Waals surface area contributed by atoms with Crippen LogP contribution in [-0.4, -0.2) is 25.8 Å². The van der Waals surface area contributed by atoms with E-state index in [-0.39, 0.29) is 6.42 Å². The average molecular weight is 361 g/mol. The number of thiazole rings is 1. The van der Waals surface area contributed by atoms with Crippen LogP contribution >= 0.6 is 11.3 Å². The SMILES string of the molecule is O=C(O)C/C(=C/c1cnn(-c2ccccc2)c1)c1nc2ccccc2s1. The van der Waals surface area contributed by atoms with E-state index in [1.165, 1.54) is 11.3 Å². The monoisotopic (exact) mass is 361 g/mol. The van der Waals surface area contributed by atoms with Crippen molar-refractivity contribution in [2.75, 3.05) is 0 Å². The summed E-state index contributed by atoms with van der Waals surface area (Å²) in [5.41, 5.74) is 3.34. The fourth-order valence-electron chi connectivity index (χ4n) is 2.70. The predicted octanol–water partition coefficient (Wildman–Crippen LogP) is 4.50. The van der Waals surface area contributed by atoms with E-state index < -0.39 is 5.97 Å². The molecule has 0 radical (unpaired) electrons. The molecule has 0 aliphatic heterocycles. The van der Waals surface area contributed by atoms with Gasteiger partial charge in [-0.15, -0.1) is 11.3 Å². The highest BCUT2D eigenvalue weighted by Gasteiger charge is 2.13. The Morgan fingerprint density at radius 1 is 1.12 bits per heavy atom. The molecule has 5 nitrogen and oxygen atoms in total. The number of aliphatic carboxylic acids is 1. The summed E-state index contributed by atoms with van der Waals surface area (Å²) in [5, 5.41) is 14.4. The van der Waals surface area contributed by atoms with Gasteiger partial charge in [-0.1, -0.05) is 30.3 Å². The van der Waals surface area contributed by atoms with Gasteiger partial charge in [-0.05, 0) is 35.9 Å². The lowest BCUT2D eigenvalue weighted by Gasteiger charge is -2.00. The number of carbonyl (C=O) groups is 1. The second kappa shape index (κ2) is 6.93. The zero-order chi connectivity index (χ0) is 17.9. The summed E-state index contributed by atoms with van der Waals surface area (Å²) >= 11 is 1.50. The number of fused-ring (bicyclic) bond motifs is 1. The molecule has 26 heavy (non-hydrogen) atoms. The first-order chi connectivity index (χ1) is 12.7. The lowest BCUT2D eigenvalue weighted by Crippen LogP contribution is -1.96. The molecule has 0 aliphatic rings. The topological polar surface area (TPSA) is 68.0 Å². The molecule has 2 aromatic carbocycles. The van der Waals surface area contributed by atoms with E-state index >= 15 is 0 Å². The van der Waals surface area contributed by atoms with Gasteiger partial charge in [-0.2, -0.15) is 5.10 Å². The maximum Gasteiger partial charge on any atom is 0.307 e. The van der Waals surface area contributed by atoms with Gasteiger partial charge >= 0.3 is 5.97 Å². The number of nitrogens with zero attached hydrogens (tertiary/aromatic N) is 3. The molecule has 128 valence electrons. The van der Waals surface area contributed by atoms with Gasteiger partial charge in [-0.3, -0.25) is 4.79 Å². The Kier molecular flexibility index (Phi) is 4.33. The maximum atomic E-state index is 11.3. The molecule has 0 saturated carbocycles. The van der Waals surface area contributed by atoms with E-state index in [1.54, 1.807) is 10.9 Å². The van der Waals surface area contributed by atoms with Crippen molar-refractivity contribution in [2.24, 2.45) is 0 Å². The maximum absolute atomic E-state index is 11.3. The van der Waals surface area contributed by atoms with Gasteiger partial charge in [0.05, 0.1) is 28.5 Å². The quantitative estimate of drug-likeness (QED) is 0.568. The van der Waals surface area contributed by atoms with Crippen molar-refractivity contribution in [3.8, 4) is 5.69 Å².